The molecule has 9 heteroatoms. The van der Waals surface area contributed by atoms with E-state index in [0.29, 0.717) is 6.42 Å². The molecule has 2 aromatic rings. The first-order valence-electron chi connectivity index (χ1n) is 10.2. The van der Waals surface area contributed by atoms with Crippen molar-refractivity contribution in [2.75, 3.05) is 14.1 Å². The van der Waals surface area contributed by atoms with Gasteiger partial charge in [0.25, 0.3) is 0 Å². The number of carbonyl (C=O) groups excluding carboxylic acids is 1. The molecule has 1 aliphatic heterocycles. The summed E-state index contributed by atoms with van der Waals surface area (Å²) in [5.41, 5.74) is 1.02. The first-order chi connectivity index (χ1) is 14.8. The van der Waals surface area contributed by atoms with Crippen LogP contribution < -0.4 is 4.18 Å². The lowest BCUT2D eigenvalue weighted by atomic mass is 9.67. The van der Waals surface area contributed by atoms with Crippen LogP contribution in [-0.4, -0.2) is 48.8 Å². The third kappa shape index (κ3) is 4.10. The Morgan fingerprint density at radius 2 is 1.53 bits per heavy atom. The first-order valence-corrected chi connectivity index (χ1v) is 11.5. The van der Waals surface area contributed by atoms with Gasteiger partial charge in [0.15, 0.2) is 0 Å². The van der Waals surface area contributed by atoms with Crippen molar-refractivity contribution in [3.05, 3.63) is 54.1 Å². The Labute approximate surface area is 188 Å². The minimum absolute atomic E-state index is 0.183. The molecule has 1 heterocycles. The number of hydrogen-bond donors (Lipinski definition) is 1. The summed E-state index contributed by atoms with van der Waals surface area (Å²) in [6.07, 6.45) is -0.634. The van der Waals surface area contributed by atoms with Gasteiger partial charge in [-0.25, -0.2) is 9.69 Å². The Kier molecular flexibility index (Phi) is 6.10. The van der Waals surface area contributed by atoms with Gasteiger partial charge in [-0.15, -0.1) is 0 Å². The highest BCUT2D eigenvalue weighted by Crippen LogP contribution is 2.51. The highest BCUT2D eigenvalue weighted by molar-refractivity contribution is 7.84. The zero-order valence-electron chi connectivity index (χ0n) is 18.8. The predicted octanol–water partition coefficient (Wildman–Crippen LogP) is 4.08. The van der Waals surface area contributed by atoms with Gasteiger partial charge in [-0.3, -0.25) is 4.79 Å². The summed E-state index contributed by atoms with van der Waals surface area (Å²) in [7, 11) is -1.05. The monoisotopic (exact) mass is 460 g/mol. The van der Waals surface area contributed by atoms with E-state index < -0.39 is 27.4 Å². The average molecular weight is 461 g/mol. The van der Waals surface area contributed by atoms with Crippen molar-refractivity contribution in [3.63, 3.8) is 0 Å². The standard InChI is InChI=1S/C23H28N2O6S/c1-22(2,3)23(15-14-20(26)25(23)21(27)28)18-10-6-16(7-11-18)17-8-12-19(13-9-17)31-32(29,30)24(4)5/h6-13H,14-15H2,1-5H3,(H,27,28)/t23-/m1/s1. The number of imide groups is 1. The van der Waals surface area contributed by atoms with Crippen LogP contribution in [0.3, 0.4) is 0 Å². The van der Waals surface area contributed by atoms with Crippen molar-refractivity contribution in [3.8, 4) is 16.9 Å². The maximum Gasteiger partial charge on any atom is 0.414 e. The molecule has 8 nitrogen and oxygen atoms in total. The Balaban J connectivity index is 1.93. The van der Waals surface area contributed by atoms with Crippen molar-refractivity contribution in [2.45, 2.75) is 39.2 Å². The normalized spacial score (nSPS) is 19.4. The summed E-state index contributed by atoms with van der Waals surface area (Å²) in [6.45, 7) is 5.82. The van der Waals surface area contributed by atoms with Crippen LogP contribution in [0.15, 0.2) is 48.5 Å². The Hall–Kier alpha value is -2.91. The van der Waals surface area contributed by atoms with E-state index in [-0.39, 0.29) is 18.1 Å². The molecule has 0 bridgehead atoms. The van der Waals surface area contributed by atoms with Gasteiger partial charge in [0.05, 0.1) is 5.54 Å². The van der Waals surface area contributed by atoms with Gasteiger partial charge >= 0.3 is 16.4 Å². The fourth-order valence-electron chi connectivity index (χ4n) is 4.25. The van der Waals surface area contributed by atoms with Gasteiger partial charge in [-0.1, -0.05) is 57.2 Å². The molecule has 1 aliphatic rings. The predicted molar refractivity (Wildman–Crippen MR) is 120 cm³/mol. The van der Waals surface area contributed by atoms with Crippen LogP contribution >= 0.6 is 0 Å². The van der Waals surface area contributed by atoms with Crippen LogP contribution in [0, 0.1) is 5.41 Å². The van der Waals surface area contributed by atoms with Gasteiger partial charge in [-0.2, -0.15) is 12.7 Å². The van der Waals surface area contributed by atoms with Crippen LogP contribution in [0.25, 0.3) is 11.1 Å². The summed E-state index contributed by atoms with van der Waals surface area (Å²) in [5.74, 6) is -0.188. The number of rotatable bonds is 5. The van der Waals surface area contributed by atoms with Gasteiger partial charge < -0.3 is 9.29 Å². The summed E-state index contributed by atoms with van der Waals surface area (Å²) in [6, 6.07) is 14.1. The largest absolute Gasteiger partial charge is 0.465 e. The number of nitrogens with zero attached hydrogens (tertiary/aromatic N) is 2. The molecule has 1 atom stereocenters. The second-order valence-corrected chi connectivity index (χ2v) is 10.8. The minimum atomic E-state index is -3.83. The minimum Gasteiger partial charge on any atom is -0.465 e. The van der Waals surface area contributed by atoms with E-state index in [1.165, 1.54) is 14.1 Å². The molecule has 0 aromatic heterocycles. The van der Waals surface area contributed by atoms with Gasteiger partial charge in [0.1, 0.15) is 5.75 Å². The fraction of sp³-hybridized carbons (Fsp3) is 0.391. The van der Waals surface area contributed by atoms with Crippen molar-refractivity contribution in [1.29, 1.82) is 0 Å². The number of amides is 2. The van der Waals surface area contributed by atoms with E-state index in [2.05, 4.69) is 0 Å². The second-order valence-electron chi connectivity index (χ2n) is 9.05. The van der Waals surface area contributed by atoms with Crippen LogP contribution in [0.4, 0.5) is 4.79 Å². The number of carboxylic acid groups (broad SMARTS) is 1. The third-order valence-electron chi connectivity index (χ3n) is 5.96. The Morgan fingerprint density at radius 1 is 1.03 bits per heavy atom. The SMILES string of the molecule is CN(C)S(=O)(=O)Oc1ccc(-c2ccc([C@@]3(C(C)(C)C)CCC(=O)N3C(=O)O)cc2)cc1. The van der Waals surface area contributed by atoms with E-state index in [0.717, 1.165) is 25.9 Å². The molecule has 172 valence electrons. The average Bonchev–Trinajstić information content (AvgIpc) is 3.07. The Bertz CT molecular complexity index is 1120. The zero-order chi connectivity index (χ0) is 23.9. The number of benzene rings is 2. The van der Waals surface area contributed by atoms with Crippen molar-refractivity contribution in [1.82, 2.24) is 9.21 Å². The lowest BCUT2D eigenvalue weighted by molar-refractivity contribution is -0.131. The molecule has 2 aromatic carbocycles. The van der Waals surface area contributed by atoms with Gasteiger partial charge in [0, 0.05) is 20.5 Å². The van der Waals surface area contributed by atoms with E-state index in [1.807, 2.05) is 45.0 Å². The highest BCUT2D eigenvalue weighted by atomic mass is 32.2. The molecular formula is C23H28N2O6S. The summed E-state index contributed by atoms with van der Waals surface area (Å²) >= 11 is 0. The quantitative estimate of drug-likeness (QED) is 0.721. The van der Waals surface area contributed by atoms with Crippen molar-refractivity contribution < 1.29 is 27.3 Å². The smallest absolute Gasteiger partial charge is 0.414 e. The molecule has 0 spiro atoms. The maximum absolute atomic E-state index is 12.4. The van der Waals surface area contributed by atoms with E-state index >= 15 is 0 Å². The topological polar surface area (TPSA) is 104 Å². The molecule has 0 saturated carbocycles. The molecule has 0 aliphatic carbocycles. The zero-order valence-corrected chi connectivity index (χ0v) is 19.6. The number of carbonyl (C=O) groups is 2. The van der Waals surface area contributed by atoms with Crippen LogP contribution in [0.1, 0.15) is 39.2 Å². The maximum atomic E-state index is 12.4. The molecule has 32 heavy (non-hydrogen) atoms. The first kappa shape index (κ1) is 23.7. The summed E-state index contributed by atoms with van der Waals surface area (Å²) < 4.78 is 29.7. The number of likely N-dealkylation sites (tertiary alicyclic amines) is 1. The molecule has 2 amide bonds. The molecule has 1 N–H and O–H groups in total. The summed E-state index contributed by atoms with van der Waals surface area (Å²) in [4.78, 5) is 25.3. The Morgan fingerprint density at radius 3 is 1.97 bits per heavy atom. The molecule has 0 unspecified atom stereocenters. The van der Waals surface area contributed by atoms with Crippen LogP contribution in [0.5, 0.6) is 5.75 Å². The molecule has 1 fully saturated rings. The lowest BCUT2D eigenvalue weighted by Crippen LogP contribution is -2.54. The highest BCUT2D eigenvalue weighted by Gasteiger charge is 2.56. The van der Waals surface area contributed by atoms with Gasteiger partial charge in [0.2, 0.25) is 5.91 Å². The van der Waals surface area contributed by atoms with Gasteiger partial charge in [-0.05, 0) is 40.7 Å². The van der Waals surface area contributed by atoms with Crippen molar-refractivity contribution in [2.24, 2.45) is 5.41 Å². The van der Waals surface area contributed by atoms with E-state index in [4.69, 9.17) is 4.18 Å². The third-order valence-corrected chi connectivity index (χ3v) is 7.26. The second kappa shape index (κ2) is 8.22. The van der Waals surface area contributed by atoms with Crippen molar-refractivity contribution >= 4 is 22.3 Å². The fourth-order valence-corrected chi connectivity index (χ4v) is 4.75. The summed E-state index contributed by atoms with van der Waals surface area (Å²) in [5, 5.41) is 9.76. The van der Waals surface area contributed by atoms with Crippen LogP contribution in [0.2, 0.25) is 0 Å². The van der Waals surface area contributed by atoms with Crippen LogP contribution in [-0.2, 0) is 20.6 Å². The molecule has 3 rings (SSSR count). The molecule has 1 saturated heterocycles. The number of hydrogen-bond acceptors (Lipinski definition) is 5. The lowest BCUT2D eigenvalue weighted by Gasteiger charge is -2.46. The van der Waals surface area contributed by atoms with E-state index in [1.54, 1.807) is 24.3 Å². The van der Waals surface area contributed by atoms with E-state index in [9.17, 15) is 23.1 Å². The molecule has 0 radical (unpaired) electrons. The molecular weight excluding hydrogens is 432 g/mol.